The van der Waals surface area contributed by atoms with Gasteiger partial charge in [0.15, 0.2) is 11.6 Å². The molecule has 2 nitrogen and oxygen atoms in total. The number of halogens is 3. The number of aromatic amines is 1. The monoisotopic (exact) mass is 285 g/mol. The standard InChI is InChI=1S/C11H6BrF2NO/c12-7-5-4-6(10(13)11(7)14)8-2-1-3-9(16)15-8/h1-5H,(H,15,16). The van der Waals surface area contributed by atoms with Crippen LogP contribution in [0.5, 0.6) is 0 Å². The Balaban J connectivity index is 2.66. The molecule has 0 fully saturated rings. The third-order valence-corrected chi connectivity index (χ3v) is 2.71. The summed E-state index contributed by atoms with van der Waals surface area (Å²) in [5, 5.41) is 0. The number of hydrogen-bond donors (Lipinski definition) is 1. The van der Waals surface area contributed by atoms with Crippen molar-refractivity contribution < 1.29 is 8.78 Å². The van der Waals surface area contributed by atoms with Gasteiger partial charge in [-0.05, 0) is 34.1 Å². The van der Waals surface area contributed by atoms with Crippen molar-refractivity contribution in [1.29, 1.82) is 0 Å². The van der Waals surface area contributed by atoms with Crippen LogP contribution in [0.1, 0.15) is 0 Å². The molecule has 0 unspecified atom stereocenters. The second-order valence-corrected chi connectivity index (χ2v) is 4.01. The quantitative estimate of drug-likeness (QED) is 0.803. The van der Waals surface area contributed by atoms with E-state index in [1.165, 1.54) is 30.3 Å². The molecule has 0 radical (unpaired) electrons. The maximum Gasteiger partial charge on any atom is 0.248 e. The van der Waals surface area contributed by atoms with Crippen LogP contribution in [-0.4, -0.2) is 4.98 Å². The highest BCUT2D eigenvalue weighted by molar-refractivity contribution is 9.10. The molecule has 1 N–H and O–H groups in total. The number of pyridine rings is 1. The summed E-state index contributed by atoms with van der Waals surface area (Å²) in [6, 6.07) is 7.07. The van der Waals surface area contributed by atoms with E-state index < -0.39 is 11.6 Å². The van der Waals surface area contributed by atoms with Gasteiger partial charge < -0.3 is 4.98 Å². The van der Waals surface area contributed by atoms with Crippen LogP contribution in [0.25, 0.3) is 11.3 Å². The summed E-state index contributed by atoms with van der Waals surface area (Å²) < 4.78 is 26.9. The minimum absolute atomic E-state index is 0.0263. The maximum atomic E-state index is 13.6. The molecule has 0 spiro atoms. The highest BCUT2D eigenvalue weighted by Gasteiger charge is 2.13. The summed E-state index contributed by atoms with van der Waals surface area (Å²) in [5.41, 5.74) is -0.0879. The molecule has 5 heteroatoms. The molecule has 0 atom stereocenters. The molecular formula is C11H6BrF2NO. The molecule has 0 aliphatic carbocycles. The van der Waals surface area contributed by atoms with Gasteiger partial charge in [0.1, 0.15) is 0 Å². The van der Waals surface area contributed by atoms with Gasteiger partial charge in [0, 0.05) is 11.6 Å². The van der Waals surface area contributed by atoms with E-state index in [9.17, 15) is 13.6 Å². The van der Waals surface area contributed by atoms with Gasteiger partial charge in [-0.2, -0.15) is 0 Å². The molecule has 16 heavy (non-hydrogen) atoms. The molecule has 82 valence electrons. The van der Waals surface area contributed by atoms with Crippen LogP contribution in [0.15, 0.2) is 39.6 Å². The Hall–Kier alpha value is -1.49. The number of nitrogens with one attached hydrogen (secondary N) is 1. The lowest BCUT2D eigenvalue weighted by Crippen LogP contribution is -2.04. The highest BCUT2D eigenvalue weighted by atomic mass is 79.9. The van der Waals surface area contributed by atoms with E-state index in [1.54, 1.807) is 0 Å². The zero-order valence-electron chi connectivity index (χ0n) is 7.93. The number of aromatic nitrogens is 1. The first-order valence-electron chi connectivity index (χ1n) is 4.43. The third-order valence-electron chi connectivity index (χ3n) is 2.09. The van der Waals surface area contributed by atoms with Gasteiger partial charge >= 0.3 is 0 Å². The summed E-state index contributed by atoms with van der Waals surface area (Å²) in [6.45, 7) is 0. The van der Waals surface area contributed by atoms with Gasteiger partial charge in [-0.3, -0.25) is 4.79 Å². The lowest BCUT2D eigenvalue weighted by atomic mass is 10.1. The average molecular weight is 286 g/mol. The van der Waals surface area contributed by atoms with Crippen LogP contribution in [-0.2, 0) is 0 Å². The summed E-state index contributed by atoms with van der Waals surface area (Å²) in [5.74, 6) is -1.96. The minimum atomic E-state index is -0.990. The molecule has 2 rings (SSSR count). The van der Waals surface area contributed by atoms with Gasteiger partial charge in [0.25, 0.3) is 0 Å². The Morgan fingerprint density at radius 2 is 1.81 bits per heavy atom. The van der Waals surface area contributed by atoms with E-state index in [-0.39, 0.29) is 21.3 Å². The first kappa shape index (κ1) is 11.0. The molecule has 0 saturated heterocycles. The molecule has 1 heterocycles. The zero-order valence-corrected chi connectivity index (χ0v) is 9.51. The van der Waals surface area contributed by atoms with Crippen LogP contribution < -0.4 is 5.56 Å². The van der Waals surface area contributed by atoms with E-state index in [0.717, 1.165) is 0 Å². The van der Waals surface area contributed by atoms with Crippen molar-refractivity contribution in [2.75, 3.05) is 0 Å². The average Bonchev–Trinajstić information content (AvgIpc) is 2.26. The SMILES string of the molecule is O=c1cccc(-c2ccc(Br)c(F)c2F)[nH]1. The molecular weight excluding hydrogens is 280 g/mol. The van der Waals surface area contributed by atoms with Crippen LogP contribution in [0.3, 0.4) is 0 Å². The topological polar surface area (TPSA) is 32.9 Å². The van der Waals surface area contributed by atoms with Crippen molar-refractivity contribution in [2.45, 2.75) is 0 Å². The maximum absolute atomic E-state index is 13.6. The number of benzene rings is 1. The van der Waals surface area contributed by atoms with Gasteiger partial charge in [-0.15, -0.1) is 0 Å². The number of rotatable bonds is 1. The van der Waals surface area contributed by atoms with E-state index in [0.29, 0.717) is 0 Å². The van der Waals surface area contributed by atoms with Crippen molar-refractivity contribution >= 4 is 15.9 Å². The highest BCUT2D eigenvalue weighted by Crippen LogP contribution is 2.26. The first-order valence-corrected chi connectivity index (χ1v) is 5.22. The lowest BCUT2D eigenvalue weighted by molar-refractivity contribution is 0.506. The number of H-pyrrole nitrogens is 1. The summed E-state index contributed by atoms with van der Waals surface area (Å²) in [7, 11) is 0. The lowest BCUT2D eigenvalue weighted by Gasteiger charge is -2.04. The van der Waals surface area contributed by atoms with Crippen molar-refractivity contribution in [3.05, 3.63) is 56.8 Å². The Morgan fingerprint density at radius 3 is 2.50 bits per heavy atom. The largest absolute Gasteiger partial charge is 0.322 e. The smallest absolute Gasteiger partial charge is 0.248 e. The molecule has 1 aromatic carbocycles. The number of hydrogen-bond acceptors (Lipinski definition) is 1. The van der Waals surface area contributed by atoms with Gasteiger partial charge in [0.05, 0.1) is 10.2 Å². The van der Waals surface area contributed by atoms with Gasteiger partial charge in [-0.1, -0.05) is 6.07 Å². The molecule has 1 aromatic heterocycles. The predicted octanol–water partition coefficient (Wildman–Crippen LogP) is 3.08. The van der Waals surface area contributed by atoms with Crippen LogP contribution in [0.2, 0.25) is 0 Å². The predicted molar refractivity (Wildman–Crippen MR) is 60.1 cm³/mol. The molecule has 0 bridgehead atoms. The Bertz CT molecular complexity index is 595. The fourth-order valence-corrected chi connectivity index (χ4v) is 1.65. The molecule has 0 aliphatic rings. The van der Waals surface area contributed by atoms with Crippen molar-refractivity contribution in [1.82, 2.24) is 4.98 Å². The summed E-state index contributed by atoms with van der Waals surface area (Å²) >= 11 is 2.88. The van der Waals surface area contributed by atoms with Crippen molar-refractivity contribution in [2.24, 2.45) is 0 Å². The second-order valence-electron chi connectivity index (χ2n) is 3.15. The normalized spacial score (nSPS) is 10.4. The fourth-order valence-electron chi connectivity index (χ4n) is 1.34. The van der Waals surface area contributed by atoms with Crippen molar-refractivity contribution in [3.63, 3.8) is 0 Å². The van der Waals surface area contributed by atoms with Gasteiger partial charge in [0.2, 0.25) is 5.56 Å². The van der Waals surface area contributed by atoms with E-state index >= 15 is 0 Å². The van der Waals surface area contributed by atoms with Gasteiger partial charge in [-0.25, -0.2) is 8.78 Å². The molecule has 2 aromatic rings. The molecule has 0 saturated carbocycles. The zero-order chi connectivity index (χ0) is 11.7. The Kier molecular flexibility index (Phi) is 2.87. The first-order chi connectivity index (χ1) is 7.59. The van der Waals surface area contributed by atoms with Crippen LogP contribution in [0, 0.1) is 11.6 Å². The fraction of sp³-hybridized carbons (Fsp3) is 0. The third kappa shape index (κ3) is 1.90. The van der Waals surface area contributed by atoms with E-state index in [2.05, 4.69) is 20.9 Å². The van der Waals surface area contributed by atoms with E-state index in [1.807, 2.05) is 0 Å². The van der Waals surface area contributed by atoms with Crippen LogP contribution >= 0.6 is 15.9 Å². The minimum Gasteiger partial charge on any atom is -0.322 e. The molecule has 0 aliphatic heterocycles. The summed E-state index contributed by atoms with van der Waals surface area (Å²) in [6.07, 6.45) is 0. The summed E-state index contributed by atoms with van der Waals surface area (Å²) in [4.78, 5) is 13.5. The van der Waals surface area contributed by atoms with Crippen molar-refractivity contribution in [3.8, 4) is 11.3 Å². The second kappa shape index (κ2) is 4.17. The Morgan fingerprint density at radius 1 is 1.06 bits per heavy atom. The van der Waals surface area contributed by atoms with E-state index in [4.69, 9.17) is 0 Å². The molecule has 0 amide bonds. The Labute approximate surface area is 98.1 Å². The van der Waals surface area contributed by atoms with Crippen LogP contribution in [0.4, 0.5) is 8.78 Å².